The third-order valence-corrected chi connectivity index (χ3v) is 1.89. The fourth-order valence-electron chi connectivity index (χ4n) is 1.13. The van der Waals surface area contributed by atoms with Gasteiger partial charge in [0.05, 0.1) is 6.54 Å². The molecule has 0 spiro atoms. The van der Waals surface area contributed by atoms with Crippen LogP contribution in [0.1, 0.15) is 19.8 Å². The van der Waals surface area contributed by atoms with Gasteiger partial charge in [0.1, 0.15) is 0 Å². The molecule has 1 fully saturated rings. The molecule has 60 valence electrons. The maximum absolute atomic E-state index is 3.73. The van der Waals surface area contributed by atoms with Gasteiger partial charge in [-0.25, -0.2) is 0 Å². The van der Waals surface area contributed by atoms with Crippen molar-refractivity contribution in [2.75, 3.05) is 13.1 Å². The predicted octanol–water partition coefficient (Wildman–Crippen LogP) is 1.66. The lowest BCUT2D eigenvalue weighted by atomic mass is 10.4. The lowest BCUT2D eigenvalue weighted by Gasteiger charge is -2.15. The Kier molecular flexibility index (Phi) is 3.19. The number of rotatable bonds is 4. The number of hydrogen-bond acceptors (Lipinski definition) is 1. The minimum Gasteiger partial charge on any atom is -0.286 e. The SMILES string of the molecule is C=CCN(CC#CC)C1CC1. The Morgan fingerprint density at radius 3 is 2.82 bits per heavy atom. The van der Waals surface area contributed by atoms with Crippen molar-refractivity contribution in [1.29, 1.82) is 0 Å². The van der Waals surface area contributed by atoms with Crippen molar-refractivity contribution in [1.82, 2.24) is 4.90 Å². The standard InChI is InChI=1S/C10H15N/c1-3-5-9-11(8-4-2)10-6-7-10/h4,10H,2,6-9H2,1H3. The van der Waals surface area contributed by atoms with Crippen molar-refractivity contribution >= 4 is 0 Å². The summed E-state index contributed by atoms with van der Waals surface area (Å²) in [7, 11) is 0. The van der Waals surface area contributed by atoms with E-state index >= 15 is 0 Å². The second-order valence-corrected chi connectivity index (χ2v) is 2.88. The van der Waals surface area contributed by atoms with Gasteiger partial charge in [-0.15, -0.1) is 12.5 Å². The van der Waals surface area contributed by atoms with Crippen LogP contribution in [0.2, 0.25) is 0 Å². The zero-order valence-electron chi connectivity index (χ0n) is 7.14. The van der Waals surface area contributed by atoms with Gasteiger partial charge in [0.25, 0.3) is 0 Å². The van der Waals surface area contributed by atoms with Crippen molar-refractivity contribution in [3.05, 3.63) is 12.7 Å². The van der Waals surface area contributed by atoms with Crippen LogP contribution in [-0.2, 0) is 0 Å². The van der Waals surface area contributed by atoms with Gasteiger partial charge in [0.15, 0.2) is 0 Å². The second kappa shape index (κ2) is 4.20. The molecule has 0 heterocycles. The van der Waals surface area contributed by atoms with Crippen LogP contribution in [0.25, 0.3) is 0 Å². The van der Waals surface area contributed by atoms with Gasteiger partial charge in [-0.1, -0.05) is 12.0 Å². The van der Waals surface area contributed by atoms with Crippen molar-refractivity contribution in [3.8, 4) is 11.8 Å². The van der Waals surface area contributed by atoms with E-state index in [2.05, 4.69) is 23.3 Å². The van der Waals surface area contributed by atoms with Gasteiger partial charge in [0, 0.05) is 12.6 Å². The average molecular weight is 149 g/mol. The molecule has 0 aromatic rings. The first kappa shape index (κ1) is 8.36. The summed E-state index contributed by atoms with van der Waals surface area (Å²) in [5.74, 6) is 6.00. The highest BCUT2D eigenvalue weighted by Gasteiger charge is 2.27. The van der Waals surface area contributed by atoms with E-state index in [1.807, 2.05) is 13.0 Å². The van der Waals surface area contributed by atoms with Crippen LogP contribution in [-0.4, -0.2) is 24.0 Å². The molecule has 1 nitrogen and oxygen atoms in total. The normalized spacial score (nSPS) is 15.8. The van der Waals surface area contributed by atoms with E-state index in [4.69, 9.17) is 0 Å². The average Bonchev–Trinajstić information content (AvgIpc) is 2.80. The first-order valence-corrected chi connectivity index (χ1v) is 4.13. The minimum atomic E-state index is 0.800. The lowest BCUT2D eigenvalue weighted by molar-refractivity contribution is 0.330. The Morgan fingerprint density at radius 2 is 2.36 bits per heavy atom. The molecule has 0 atom stereocenters. The zero-order chi connectivity index (χ0) is 8.10. The highest BCUT2D eigenvalue weighted by Crippen LogP contribution is 2.25. The molecule has 0 N–H and O–H groups in total. The molecule has 0 unspecified atom stereocenters. The van der Waals surface area contributed by atoms with Crippen molar-refractivity contribution in [2.45, 2.75) is 25.8 Å². The summed E-state index contributed by atoms with van der Waals surface area (Å²) >= 11 is 0. The van der Waals surface area contributed by atoms with Crippen LogP contribution in [0.3, 0.4) is 0 Å². The molecule has 1 aliphatic rings. The molecule has 1 rings (SSSR count). The maximum atomic E-state index is 3.73. The number of hydrogen-bond donors (Lipinski definition) is 0. The first-order chi connectivity index (χ1) is 5.38. The topological polar surface area (TPSA) is 3.24 Å². The highest BCUT2D eigenvalue weighted by molar-refractivity contribution is 5.01. The molecule has 0 aromatic carbocycles. The fraction of sp³-hybridized carbons (Fsp3) is 0.600. The molecule has 0 amide bonds. The van der Waals surface area contributed by atoms with Gasteiger partial charge in [-0.2, -0.15) is 0 Å². The summed E-state index contributed by atoms with van der Waals surface area (Å²) in [4.78, 5) is 2.38. The molecule has 0 bridgehead atoms. The van der Waals surface area contributed by atoms with E-state index in [1.165, 1.54) is 12.8 Å². The highest BCUT2D eigenvalue weighted by atomic mass is 15.2. The summed E-state index contributed by atoms with van der Waals surface area (Å²) in [6.07, 6.45) is 4.65. The number of nitrogens with zero attached hydrogens (tertiary/aromatic N) is 1. The van der Waals surface area contributed by atoms with Crippen molar-refractivity contribution in [3.63, 3.8) is 0 Å². The molecular formula is C10H15N. The summed E-state index contributed by atoms with van der Waals surface area (Å²) in [6.45, 7) is 7.51. The van der Waals surface area contributed by atoms with Crippen LogP contribution >= 0.6 is 0 Å². The predicted molar refractivity (Wildman–Crippen MR) is 48.2 cm³/mol. The Balaban J connectivity index is 2.29. The van der Waals surface area contributed by atoms with Gasteiger partial charge in [-0.05, 0) is 19.8 Å². The Labute approximate surface area is 69.1 Å². The van der Waals surface area contributed by atoms with Crippen LogP contribution in [0.15, 0.2) is 12.7 Å². The third kappa shape index (κ3) is 2.78. The molecule has 0 radical (unpaired) electrons. The molecule has 0 saturated heterocycles. The van der Waals surface area contributed by atoms with E-state index < -0.39 is 0 Å². The second-order valence-electron chi connectivity index (χ2n) is 2.88. The molecule has 1 heteroatoms. The van der Waals surface area contributed by atoms with Gasteiger partial charge >= 0.3 is 0 Å². The summed E-state index contributed by atoms with van der Waals surface area (Å²) in [6, 6.07) is 0.800. The molecule has 1 saturated carbocycles. The Morgan fingerprint density at radius 1 is 1.64 bits per heavy atom. The fourth-order valence-corrected chi connectivity index (χ4v) is 1.13. The van der Waals surface area contributed by atoms with E-state index in [1.54, 1.807) is 0 Å². The summed E-state index contributed by atoms with van der Waals surface area (Å²) in [5.41, 5.74) is 0. The van der Waals surface area contributed by atoms with E-state index in [0.29, 0.717) is 0 Å². The molecule has 0 aliphatic heterocycles. The minimum absolute atomic E-state index is 0.800. The van der Waals surface area contributed by atoms with Gasteiger partial charge < -0.3 is 0 Å². The van der Waals surface area contributed by atoms with Crippen LogP contribution in [0.5, 0.6) is 0 Å². The molecular weight excluding hydrogens is 134 g/mol. The van der Waals surface area contributed by atoms with E-state index in [-0.39, 0.29) is 0 Å². The molecule has 0 aromatic heterocycles. The Hall–Kier alpha value is -0.740. The third-order valence-electron chi connectivity index (χ3n) is 1.89. The first-order valence-electron chi connectivity index (χ1n) is 4.13. The summed E-state index contributed by atoms with van der Waals surface area (Å²) < 4.78 is 0. The van der Waals surface area contributed by atoms with Gasteiger partial charge in [-0.3, -0.25) is 4.90 Å². The maximum Gasteiger partial charge on any atom is 0.0606 e. The lowest BCUT2D eigenvalue weighted by Crippen LogP contribution is -2.26. The van der Waals surface area contributed by atoms with E-state index in [9.17, 15) is 0 Å². The smallest absolute Gasteiger partial charge is 0.0606 e. The van der Waals surface area contributed by atoms with Crippen LogP contribution in [0.4, 0.5) is 0 Å². The monoisotopic (exact) mass is 149 g/mol. The zero-order valence-corrected chi connectivity index (χ0v) is 7.14. The largest absolute Gasteiger partial charge is 0.286 e. The van der Waals surface area contributed by atoms with Crippen molar-refractivity contribution < 1.29 is 0 Å². The van der Waals surface area contributed by atoms with Gasteiger partial charge in [0.2, 0.25) is 0 Å². The van der Waals surface area contributed by atoms with Crippen LogP contribution < -0.4 is 0 Å². The van der Waals surface area contributed by atoms with Crippen LogP contribution in [0, 0.1) is 11.8 Å². The van der Waals surface area contributed by atoms with Crippen molar-refractivity contribution in [2.24, 2.45) is 0 Å². The quantitative estimate of drug-likeness (QED) is 0.434. The van der Waals surface area contributed by atoms with E-state index in [0.717, 1.165) is 19.1 Å². The summed E-state index contributed by atoms with van der Waals surface area (Å²) in [5, 5.41) is 0. The molecule has 11 heavy (non-hydrogen) atoms. The molecule has 1 aliphatic carbocycles. The Bertz CT molecular complexity index is 181.